The summed E-state index contributed by atoms with van der Waals surface area (Å²) in [6, 6.07) is 3.68. The molecule has 1 heterocycles. The molecule has 0 radical (unpaired) electrons. The fourth-order valence-electron chi connectivity index (χ4n) is 2.90. The van der Waals surface area contributed by atoms with Gasteiger partial charge in [0, 0.05) is 24.2 Å². The maximum Gasteiger partial charge on any atom is 0.192 e. The highest BCUT2D eigenvalue weighted by Gasteiger charge is 2.31. The van der Waals surface area contributed by atoms with Gasteiger partial charge in [0.2, 0.25) is 0 Å². The molecule has 3 nitrogen and oxygen atoms in total. The van der Waals surface area contributed by atoms with E-state index < -0.39 is 17.4 Å². The molecule has 1 aliphatic heterocycles. The van der Waals surface area contributed by atoms with Crippen LogP contribution in [0.25, 0.3) is 0 Å². The van der Waals surface area contributed by atoms with E-state index in [9.17, 15) is 13.6 Å². The molecule has 0 bridgehead atoms. The second-order valence-corrected chi connectivity index (χ2v) is 5.33. The minimum atomic E-state index is -0.831. The molecule has 1 saturated carbocycles. The van der Waals surface area contributed by atoms with Gasteiger partial charge < -0.3 is 10.6 Å². The Morgan fingerprint density at radius 1 is 1.15 bits per heavy atom. The van der Waals surface area contributed by atoms with Gasteiger partial charge in [-0.2, -0.15) is 0 Å². The van der Waals surface area contributed by atoms with Crippen molar-refractivity contribution < 1.29 is 13.6 Å². The fraction of sp³-hybridized carbons (Fsp3) is 0.400. The summed E-state index contributed by atoms with van der Waals surface area (Å²) in [4.78, 5) is 12.0. The first kappa shape index (κ1) is 13.1. The molecule has 0 unspecified atom stereocenters. The summed E-state index contributed by atoms with van der Waals surface area (Å²) in [5, 5.41) is 6.51. The highest BCUT2D eigenvalue weighted by atomic mass is 19.1. The van der Waals surface area contributed by atoms with Crippen LogP contribution in [0, 0.1) is 11.6 Å². The number of ketones is 1. The predicted molar refractivity (Wildman–Crippen MR) is 71.1 cm³/mol. The van der Waals surface area contributed by atoms with Crippen LogP contribution in [0.5, 0.6) is 0 Å². The minimum absolute atomic E-state index is 0.114. The Kier molecular flexibility index (Phi) is 3.42. The zero-order valence-electron chi connectivity index (χ0n) is 11.0. The standard InChI is InChI=1S/C15H16F2N2O/c16-9-5-6-10(11(17)7-9)14(20)8-15-18-12-3-1-2-4-13(12)19-15/h5-8,12-13,18-19H,1-4H2/t12-,13+. The first-order chi connectivity index (χ1) is 9.63. The summed E-state index contributed by atoms with van der Waals surface area (Å²) in [6.45, 7) is 0. The number of hydrogen-bond acceptors (Lipinski definition) is 3. The van der Waals surface area contributed by atoms with Crippen LogP contribution >= 0.6 is 0 Å². The van der Waals surface area contributed by atoms with Crippen molar-refractivity contribution in [3.05, 3.63) is 47.3 Å². The van der Waals surface area contributed by atoms with Crippen LogP contribution in [0.1, 0.15) is 36.0 Å². The van der Waals surface area contributed by atoms with Crippen LogP contribution < -0.4 is 10.6 Å². The number of nitrogens with one attached hydrogen (secondary N) is 2. The monoisotopic (exact) mass is 278 g/mol. The number of fused-ring (bicyclic) bond motifs is 1. The van der Waals surface area contributed by atoms with Crippen LogP contribution in [0.15, 0.2) is 30.1 Å². The zero-order valence-corrected chi connectivity index (χ0v) is 11.0. The van der Waals surface area contributed by atoms with Gasteiger partial charge in [-0.3, -0.25) is 4.79 Å². The molecule has 1 aromatic rings. The lowest BCUT2D eigenvalue weighted by molar-refractivity contribution is 0.104. The zero-order chi connectivity index (χ0) is 14.1. The summed E-state index contributed by atoms with van der Waals surface area (Å²) in [7, 11) is 0. The quantitative estimate of drug-likeness (QED) is 0.645. The molecule has 5 heteroatoms. The Balaban J connectivity index is 1.76. The lowest BCUT2D eigenvalue weighted by Gasteiger charge is -2.23. The summed E-state index contributed by atoms with van der Waals surface area (Å²) >= 11 is 0. The van der Waals surface area contributed by atoms with Crippen molar-refractivity contribution >= 4 is 5.78 Å². The summed E-state index contributed by atoms with van der Waals surface area (Å²) in [5.41, 5.74) is -0.114. The molecule has 0 spiro atoms. The first-order valence-electron chi connectivity index (χ1n) is 6.87. The number of carbonyl (C=O) groups is 1. The second-order valence-electron chi connectivity index (χ2n) is 5.33. The smallest absolute Gasteiger partial charge is 0.192 e. The Morgan fingerprint density at radius 2 is 1.80 bits per heavy atom. The Labute approximate surface area is 116 Å². The highest BCUT2D eigenvalue weighted by Crippen LogP contribution is 2.24. The first-order valence-corrected chi connectivity index (χ1v) is 6.87. The van der Waals surface area contributed by atoms with E-state index in [1.54, 1.807) is 0 Å². The van der Waals surface area contributed by atoms with Gasteiger partial charge in [0.05, 0.1) is 5.56 Å². The molecule has 0 amide bonds. The third kappa shape index (κ3) is 2.53. The SMILES string of the molecule is O=C(C=C1N[C@H]2CCCC[C@H]2N1)c1ccc(F)cc1F. The van der Waals surface area contributed by atoms with Gasteiger partial charge in [-0.25, -0.2) is 8.78 Å². The molecule has 106 valence electrons. The van der Waals surface area contributed by atoms with E-state index >= 15 is 0 Å². The number of benzene rings is 1. The Morgan fingerprint density at radius 3 is 2.40 bits per heavy atom. The summed E-state index contributed by atoms with van der Waals surface area (Å²) in [6.07, 6.45) is 5.88. The lowest BCUT2D eigenvalue weighted by Crippen LogP contribution is -2.36. The van der Waals surface area contributed by atoms with Crippen LogP contribution in [0.4, 0.5) is 8.78 Å². The fourth-order valence-corrected chi connectivity index (χ4v) is 2.90. The predicted octanol–water partition coefficient (Wildman–Crippen LogP) is 2.49. The number of allylic oxidation sites excluding steroid dienone is 1. The van der Waals surface area contributed by atoms with Crippen LogP contribution in [0.3, 0.4) is 0 Å². The van der Waals surface area contributed by atoms with E-state index in [0.717, 1.165) is 25.0 Å². The van der Waals surface area contributed by atoms with Crippen molar-refractivity contribution in [3.63, 3.8) is 0 Å². The van der Waals surface area contributed by atoms with E-state index in [4.69, 9.17) is 0 Å². The van der Waals surface area contributed by atoms with Crippen molar-refractivity contribution in [1.82, 2.24) is 10.6 Å². The Bertz CT molecular complexity index is 555. The van der Waals surface area contributed by atoms with Crippen LogP contribution in [0.2, 0.25) is 0 Å². The number of halogens is 2. The van der Waals surface area contributed by atoms with Gasteiger partial charge in [-0.05, 0) is 25.0 Å². The van der Waals surface area contributed by atoms with Crippen molar-refractivity contribution in [3.8, 4) is 0 Å². The van der Waals surface area contributed by atoms with E-state index in [1.807, 2.05) is 0 Å². The molecule has 2 fully saturated rings. The minimum Gasteiger partial charge on any atom is -0.367 e. The molecular weight excluding hydrogens is 262 g/mol. The third-order valence-corrected chi connectivity index (χ3v) is 3.92. The maximum atomic E-state index is 13.5. The normalized spacial score (nSPS) is 26.8. The van der Waals surface area contributed by atoms with Crippen LogP contribution in [-0.2, 0) is 0 Å². The molecule has 1 aromatic carbocycles. The molecular formula is C15H16F2N2O. The van der Waals surface area contributed by atoms with Gasteiger partial charge in [0.1, 0.15) is 17.5 Å². The molecule has 2 N–H and O–H groups in total. The lowest BCUT2D eigenvalue weighted by atomic mass is 9.92. The maximum absolute atomic E-state index is 13.5. The van der Waals surface area contributed by atoms with E-state index in [-0.39, 0.29) is 5.56 Å². The largest absolute Gasteiger partial charge is 0.367 e. The molecule has 1 saturated heterocycles. The number of rotatable bonds is 2. The van der Waals surface area contributed by atoms with Gasteiger partial charge in [-0.15, -0.1) is 0 Å². The van der Waals surface area contributed by atoms with Crippen molar-refractivity contribution in [2.75, 3.05) is 0 Å². The van der Waals surface area contributed by atoms with Crippen LogP contribution in [-0.4, -0.2) is 17.9 Å². The van der Waals surface area contributed by atoms with E-state index in [0.29, 0.717) is 17.9 Å². The van der Waals surface area contributed by atoms with Gasteiger partial charge in [-0.1, -0.05) is 12.8 Å². The van der Waals surface area contributed by atoms with Crippen molar-refractivity contribution in [2.24, 2.45) is 0 Å². The number of carbonyl (C=O) groups excluding carboxylic acids is 1. The third-order valence-electron chi connectivity index (χ3n) is 3.92. The molecule has 20 heavy (non-hydrogen) atoms. The topological polar surface area (TPSA) is 41.1 Å². The Hall–Kier alpha value is -1.91. The summed E-state index contributed by atoms with van der Waals surface area (Å²) < 4.78 is 26.4. The van der Waals surface area contributed by atoms with Crippen molar-refractivity contribution in [2.45, 2.75) is 37.8 Å². The number of hydrogen-bond donors (Lipinski definition) is 2. The van der Waals surface area contributed by atoms with Gasteiger partial charge in [0.25, 0.3) is 0 Å². The molecule has 3 rings (SSSR count). The van der Waals surface area contributed by atoms with Gasteiger partial charge >= 0.3 is 0 Å². The average molecular weight is 278 g/mol. The van der Waals surface area contributed by atoms with Gasteiger partial charge in [0.15, 0.2) is 5.78 Å². The average Bonchev–Trinajstić information content (AvgIpc) is 2.80. The summed E-state index contributed by atoms with van der Waals surface area (Å²) in [5.74, 6) is -1.34. The molecule has 0 aromatic heterocycles. The van der Waals surface area contributed by atoms with E-state index in [1.165, 1.54) is 25.0 Å². The molecule has 2 atom stereocenters. The highest BCUT2D eigenvalue weighted by molar-refractivity contribution is 6.05. The van der Waals surface area contributed by atoms with E-state index in [2.05, 4.69) is 10.6 Å². The molecule has 2 aliphatic rings. The van der Waals surface area contributed by atoms with Crippen molar-refractivity contribution in [1.29, 1.82) is 0 Å². The second kappa shape index (κ2) is 5.23. The molecule has 1 aliphatic carbocycles.